The molecule has 0 radical (unpaired) electrons. The van der Waals surface area contributed by atoms with Crippen molar-refractivity contribution in [1.29, 1.82) is 0 Å². The number of primary amides is 1. The first-order chi connectivity index (χ1) is 11.1. The van der Waals surface area contributed by atoms with E-state index in [-0.39, 0.29) is 4.90 Å². The number of alkyl halides is 3. The molecule has 134 valence electrons. The van der Waals surface area contributed by atoms with Crippen molar-refractivity contribution in [2.45, 2.75) is 43.0 Å². The molecule has 0 aliphatic heterocycles. The van der Waals surface area contributed by atoms with Gasteiger partial charge in [-0.1, -0.05) is 18.9 Å². The van der Waals surface area contributed by atoms with Crippen molar-refractivity contribution in [2.24, 2.45) is 5.73 Å². The first-order valence-corrected chi connectivity index (χ1v) is 8.69. The Labute approximate surface area is 137 Å². The quantitative estimate of drug-likeness (QED) is 0.834. The number of carbonyl (C=O) groups is 1. The van der Waals surface area contributed by atoms with Gasteiger partial charge in [0.05, 0.1) is 11.4 Å². The van der Waals surface area contributed by atoms with E-state index in [0.717, 1.165) is 41.4 Å². The number of hydrogen-bond donors (Lipinski definition) is 1. The van der Waals surface area contributed by atoms with E-state index in [0.29, 0.717) is 12.8 Å². The van der Waals surface area contributed by atoms with Crippen LogP contribution < -0.4 is 10.5 Å². The van der Waals surface area contributed by atoms with Crippen molar-refractivity contribution in [3.63, 3.8) is 0 Å². The molecule has 1 aromatic rings. The number of amides is 1. The van der Waals surface area contributed by atoms with Crippen LogP contribution in [-0.2, 0) is 14.8 Å². The van der Waals surface area contributed by atoms with Gasteiger partial charge in [0.25, 0.3) is 0 Å². The highest BCUT2D eigenvalue weighted by molar-refractivity contribution is 7.89. The molecule has 0 heterocycles. The second-order valence-corrected chi connectivity index (χ2v) is 7.37. The average Bonchev–Trinajstić information content (AvgIpc) is 2.96. The summed E-state index contributed by atoms with van der Waals surface area (Å²) in [6, 6.07) is 3.69. The Bertz CT molecular complexity index is 700. The third-order valence-electron chi connectivity index (χ3n) is 3.69. The monoisotopic (exact) mass is 366 g/mol. The number of rotatable bonds is 6. The first-order valence-electron chi connectivity index (χ1n) is 7.25. The van der Waals surface area contributed by atoms with Crippen LogP contribution in [0.4, 0.5) is 13.2 Å². The highest BCUT2D eigenvalue weighted by Gasteiger charge is 2.35. The zero-order valence-electron chi connectivity index (χ0n) is 12.6. The number of ether oxygens (including phenoxy) is 1. The second kappa shape index (κ2) is 6.98. The van der Waals surface area contributed by atoms with Crippen LogP contribution >= 0.6 is 0 Å². The van der Waals surface area contributed by atoms with Crippen molar-refractivity contribution in [1.82, 2.24) is 4.31 Å². The van der Waals surface area contributed by atoms with Crippen molar-refractivity contribution < 1.29 is 31.1 Å². The van der Waals surface area contributed by atoms with E-state index >= 15 is 0 Å². The molecule has 0 unspecified atom stereocenters. The van der Waals surface area contributed by atoms with E-state index in [1.807, 2.05) is 0 Å². The molecule has 2 rings (SSSR count). The first kappa shape index (κ1) is 18.5. The van der Waals surface area contributed by atoms with Crippen LogP contribution in [0, 0.1) is 0 Å². The van der Waals surface area contributed by atoms with Gasteiger partial charge in [-0.3, -0.25) is 4.79 Å². The lowest BCUT2D eigenvalue weighted by Crippen LogP contribution is -2.44. The molecular formula is C14H17F3N2O4S. The summed E-state index contributed by atoms with van der Waals surface area (Å²) in [5.41, 5.74) is 5.13. The zero-order chi connectivity index (χ0) is 18.0. The van der Waals surface area contributed by atoms with Crippen LogP contribution in [0.2, 0.25) is 0 Å². The molecule has 1 amide bonds. The van der Waals surface area contributed by atoms with Gasteiger partial charge >= 0.3 is 6.36 Å². The SMILES string of the molecule is NC(=O)CN(C1CCCC1)S(=O)(=O)c1cccc(OC(F)(F)F)c1. The fourth-order valence-corrected chi connectivity index (χ4v) is 4.41. The minimum atomic E-state index is -4.93. The summed E-state index contributed by atoms with van der Waals surface area (Å²) in [7, 11) is -4.17. The van der Waals surface area contributed by atoms with Gasteiger partial charge in [-0.2, -0.15) is 4.31 Å². The Morgan fingerprint density at radius 2 is 1.92 bits per heavy atom. The smallest absolute Gasteiger partial charge is 0.406 e. The predicted molar refractivity (Wildman–Crippen MR) is 78.5 cm³/mol. The molecule has 0 atom stereocenters. The van der Waals surface area contributed by atoms with Gasteiger partial charge in [0.15, 0.2) is 0 Å². The largest absolute Gasteiger partial charge is 0.573 e. The van der Waals surface area contributed by atoms with Gasteiger partial charge in [-0.15, -0.1) is 13.2 Å². The van der Waals surface area contributed by atoms with Gasteiger partial charge in [0.2, 0.25) is 15.9 Å². The average molecular weight is 366 g/mol. The number of sulfonamides is 1. The Balaban J connectivity index is 2.35. The minimum Gasteiger partial charge on any atom is -0.406 e. The molecule has 1 fully saturated rings. The normalized spacial score (nSPS) is 16.5. The topological polar surface area (TPSA) is 89.7 Å². The van der Waals surface area contributed by atoms with E-state index in [1.165, 1.54) is 0 Å². The van der Waals surface area contributed by atoms with Gasteiger partial charge in [0, 0.05) is 12.1 Å². The van der Waals surface area contributed by atoms with E-state index in [1.54, 1.807) is 0 Å². The fraction of sp³-hybridized carbons (Fsp3) is 0.500. The maximum absolute atomic E-state index is 12.8. The highest BCUT2D eigenvalue weighted by atomic mass is 32.2. The van der Waals surface area contributed by atoms with Crippen molar-refractivity contribution in [3.05, 3.63) is 24.3 Å². The van der Waals surface area contributed by atoms with E-state index in [9.17, 15) is 26.4 Å². The Hall–Kier alpha value is -1.81. The zero-order valence-corrected chi connectivity index (χ0v) is 13.4. The number of carbonyl (C=O) groups excluding carboxylic acids is 1. The van der Waals surface area contributed by atoms with Gasteiger partial charge in [0.1, 0.15) is 5.75 Å². The molecule has 6 nitrogen and oxygen atoms in total. The van der Waals surface area contributed by atoms with Crippen LogP contribution in [-0.4, -0.2) is 37.6 Å². The number of hydrogen-bond acceptors (Lipinski definition) is 4. The van der Waals surface area contributed by atoms with Gasteiger partial charge in [-0.05, 0) is 25.0 Å². The molecule has 0 bridgehead atoms. The van der Waals surface area contributed by atoms with E-state index < -0.39 is 40.6 Å². The standard InChI is InChI=1S/C14H17F3N2O4S/c15-14(16,17)23-11-6-3-7-12(8-11)24(21,22)19(9-13(18)20)10-4-1-2-5-10/h3,6-8,10H,1-2,4-5,9H2,(H2,18,20). The summed E-state index contributed by atoms with van der Waals surface area (Å²) in [5.74, 6) is -1.47. The van der Waals surface area contributed by atoms with E-state index in [4.69, 9.17) is 5.73 Å². The summed E-state index contributed by atoms with van der Waals surface area (Å²) in [4.78, 5) is 10.9. The molecule has 1 aliphatic rings. The predicted octanol–water partition coefficient (Wildman–Crippen LogP) is 2.00. The van der Waals surface area contributed by atoms with Crippen LogP contribution in [0.25, 0.3) is 0 Å². The number of nitrogens with zero attached hydrogens (tertiary/aromatic N) is 1. The molecule has 24 heavy (non-hydrogen) atoms. The summed E-state index contributed by atoms with van der Waals surface area (Å²) in [5, 5.41) is 0. The van der Waals surface area contributed by atoms with Crippen LogP contribution in [0.5, 0.6) is 5.75 Å². The molecular weight excluding hydrogens is 349 g/mol. The molecule has 2 N–H and O–H groups in total. The molecule has 10 heteroatoms. The van der Waals surface area contributed by atoms with Crippen LogP contribution in [0.1, 0.15) is 25.7 Å². The fourth-order valence-electron chi connectivity index (χ4n) is 2.72. The number of nitrogens with two attached hydrogens (primary N) is 1. The Morgan fingerprint density at radius 1 is 1.29 bits per heavy atom. The van der Waals surface area contributed by atoms with Crippen molar-refractivity contribution in [3.8, 4) is 5.75 Å². The lowest BCUT2D eigenvalue weighted by atomic mass is 10.2. The number of halogens is 3. The Kier molecular flexibility index (Phi) is 5.38. The summed E-state index contributed by atoms with van der Waals surface area (Å²) in [6.45, 7) is -0.517. The maximum atomic E-state index is 12.8. The lowest BCUT2D eigenvalue weighted by molar-refractivity contribution is -0.274. The van der Waals surface area contributed by atoms with Gasteiger partial charge < -0.3 is 10.5 Å². The second-order valence-electron chi connectivity index (χ2n) is 5.48. The van der Waals surface area contributed by atoms with Crippen LogP contribution in [0.3, 0.4) is 0 Å². The van der Waals surface area contributed by atoms with E-state index in [2.05, 4.69) is 4.74 Å². The minimum absolute atomic E-state index is 0.377. The van der Waals surface area contributed by atoms with Crippen molar-refractivity contribution >= 4 is 15.9 Å². The summed E-state index contributed by atoms with van der Waals surface area (Å²) >= 11 is 0. The van der Waals surface area contributed by atoms with Crippen molar-refractivity contribution in [2.75, 3.05) is 6.54 Å². The molecule has 0 spiro atoms. The summed E-state index contributed by atoms with van der Waals surface area (Å²) < 4.78 is 67.1. The molecule has 1 saturated carbocycles. The molecule has 0 saturated heterocycles. The lowest BCUT2D eigenvalue weighted by Gasteiger charge is -2.27. The van der Waals surface area contributed by atoms with Crippen LogP contribution in [0.15, 0.2) is 29.2 Å². The Morgan fingerprint density at radius 3 is 2.46 bits per heavy atom. The molecule has 1 aromatic carbocycles. The molecule has 0 aromatic heterocycles. The third kappa shape index (κ3) is 4.60. The highest BCUT2D eigenvalue weighted by Crippen LogP contribution is 2.30. The summed E-state index contributed by atoms with van der Waals surface area (Å²) in [6.07, 6.45) is -2.16. The molecule has 1 aliphatic carbocycles. The number of benzene rings is 1. The maximum Gasteiger partial charge on any atom is 0.573 e. The van der Waals surface area contributed by atoms with Gasteiger partial charge in [-0.25, -0.2) is 8.42 Å². The third-order valence-corrected chi connectivity index (χ3v) is 5.58.